The highest BCUT2D eigenvalue weighted by Crippen LogP contribution is 2.29. The molecule has 2 rings (SSSR count). The minimum atomic E-state index is -4.41. The van der Waals surface area contributed by atoms with Crippen molar-refractivity contribution < 1.29 is 18.0 Å². The van der Waals surface area contributed by atoms with Crippen LogP contribution in [0.3, 0.4) is 0 Å². The van der Waals surface area contributed by atoms with Gasteiger partial charge in [-0.3, -0.25) is 4.79 Å². The van der Waals surface area contributed by atoms with Crippen molar-refractivity contribution in [3.63, 3.8) is 0 Å². The van der Waals surface area contributed by atoms with Crippen molar-refractivity contribution in [2.45, 2.75) is 37.8 Å². The number of nitrogens with zero attached hydrogens (tertiary/aromatic N) is 1. The zero-order valence-electron chi connectivity index (χ0n) is 11.2. The molecule has 0 bridgehead atoms. The summed E-state index contributed by atoms with van der Waals surface area (Å²) in [4.78, 5) is 13.0. The third kappa shape index (κ3) is 4.25. The number of likely N-dealkylation sites (tertiary alicyclic amines) is 1. The molecule has 0 aliphatic carbocycles. The van der Waals surface area contributed by atoms with Crippen LogP contribution in [0.25, 0.3) is 0 Å². The zero-order valence-corrected chi connectivity index (χ0v) is 11.2. The highest BCUT2D eigenvalue weighted by Gasteiger charge is 2.34. The van der Waals surface area contributed by atoms with Gasteiger partial charge in [0.1, 0.15) is 6.42 Å². The van der Waals surface area contributed by atoms with E-state index in [2.05, 4.69) is 0 Å². The van der Waals surface area contributed by atoms with Gasteiger partial charge >= 0.3 is 6.18 Å². The number of hydrogen-bond acceptors (Lipinski definition) is 1. The maximum atomic E-state index is 12.3. The van der Waals surface area contributed by atoms with E-state index in [1.54, 1.807) is 0 Å². The summed E-state index contributed by atoms with van der Waals surface area (Å²) >= 11 is 0. The van der Waals surface area contributed by atoms with Gasteiger partial charge < -0.3 is 4.90 Å². The molecule has 0 radical (unpaired) electrons. The molecular weight excluding hydrogens is 267 g/mol. The number of hydrogen-bond donors (Lipinski definition) is 0. The second-order valence-electron chi connectivity index (χ2n) is 5.21. The Bertz CT molecular complexity index is 444. The van der Waals surface area contributed by atoms with Gasteiger partial charge in [-0.15, -0.1) is 0 Å². The van der Waals surface area contributed by atoms with Gasteiger partial charge in [0.25, 0.3) is 0 Å². The fraction of sp³-hybridized carbons (Fsp3) is 0.533. The van der Waals surface area contributed by atoms with E-state index in [0.717, 1.165) is 19.3 Å². The van der Waals surface area contributed by atoms with Gasteiger partial charge in [-0.25, -0.2) is 0 Å². The first-order chi connectivity index (χ1) is 9.46. The molecule has 110 valence electrons. The lowest BCUT2D eigenvalue weighted by Crippen LogP contribution is -2.35. The number of carbonyl (C=O) groups excluding carboxylic acids is 1. The van der Waals surface area contributed by atoms with E-state index in [4.69, 9.17) is 0 Å². The summed E-state index contributed by atoms with van der Waals surface area (Å²) in [6.45, 7) is 0.840. The molecular formula is C15H18F3NO. The maximum Gasteiger partial charge on any atom is 0.397 e. The average Bonchev–Trinajstić information content (AvgIpc) is 2.63. The smallest absolute Gasteiger partial charge is 0.342 e. The molecule has 1 aromatic rings. The van der Waals surface area contributed by atoms with Gasteiger partial charge in [-0.05, 0) is 30.7 Å². The fourth-order valence-electron chi connectivity index (χ4n) is 2.69. The van der Waals surface area contributed by atoms with Crippen LogP contribution in [0.4, 0.5) is 13.2 Å². The molecule has 20 heavy (non-hydrogen) atoms. The molecule has 1 aliphatic heterocycles. The van der Waals surface area contributed by atoms with Crippen molar-refractivity contribution in [1.29, 1.82) is 0 Å². The standard InChI is InChI=1S/C15H18F3NO/c16-15(17,18)11-14(20)19-9-4-7-13(8-10-19)12-5-2-1-3-6-12/h1-3,5-6,13H,4,7-11H2/t13-/m1/s1. The summed E-state index contributed by atoms with van der Waals surface area (Å²) < 4.78 is 36.8. The van der Waals surface area contributed by atoms with Crippen LogP contribution in [0.1, 0.15) is 37.2 Å². The van der Waals surface area contributed by atoms with Crippen LogP contribution in [0, 0.1) is 0 Å². The molecule has 2 nitrogen and oxygen atoms in total. The third-order valence-electron chi connectivity index (χ3n) is 3.70. The molecule has 1 aliphatic rings. The topological polar surface area (TPSA) is 20.3 Å². The van der Waals surface area contributed by atoms with E-state index in [9.17, 15) is 18.0 Å². The quantitative estimate of drug-likeness (QED) is 0.810. The molecule has 5 heteroatoms. The minimum Gasteiger partial charge on any atom is -0.342 e. The number of halogens is 3. The number of amides is 1. The summed E-state index contributed by atoms with van der Waals surface area (Å²) in [5, 5.41) is 0. The van der Waals surface area contributed by atoms with E-state index >= 15 is 0 Å². The molecule has 0 saturated carbocycles. The van der Waals surface area contributed by atoms with Gasteiger partial charge in [-0.1, -0.05) is 30.3 Å². The first kappa shape index (κ1) is 14.9. The van der Waals surface area contributed by atoms with Gasteiger partial charge in [0.15, 0.2) is 0 Å². The van der Waals surface area contributed by atoms with Crippen LogP contribution in [0.2, 0.25) is 0 Å². The van der Waals surface area contributed by atoms with E-state index in [-0.39, 0.29) is 0 Å². The largest absolute Gasteiger partial charge is 0.397 e. The van der Waals surface area contributed by atoms with E-state index in [1.807, 2.05) is 30.3 Å². The highest BCUT2D eigenvalue weighted by atomic mass is 19.4. The Kier molecular flexibility index (Phi) is 4.68. The Morgan fingerprint density at radius 2 is 1.85 bits per heavy atom. The van der Waals surface area contributed by atoms with Gasteiger partial charge in [0, 0.05) is 13.1 Å². The normalized spacial score (nSPS) is 20.6. The lowest BCUT2D eigenvalue weighted by molar-refractivity contribution is -0.161. The summed E-state index contributed by atoms with van der Waals surface area (Å²) in [6.07, 6.45) is -3.36. The second kappa shape index (κ2) is 6.29. The molecule has 1 atom stereocenters. The monoisotopic (exact) mass is 285 g/mol. The van der Waals surface area contributed by atoms with Gasteiger partial charge in [-0.2, -0.15) is 13.2 Å². The molecule has 1 fully saturated rings. The van der Waals surface area contributed by atoms with Crippen LogP contribution in [-0.2, 0) is 4.79 Å². The van der Waals surface area contributed by atoms with Crippen LogP contribution >= 0.6 is 0 Å². The van der Waals surface area contributed by atoms with Crippen molar-refractivity contribution in [2.75, 3.05) is 13.1 Å². The second-order valence-corrected chi connectivity index (χ2v) is 5.21. The van der Waals surface area contributed by atoms with Crippen LogP contribution in [-0.4, -0.2) is 30.1 Å². The van der Waals surface area contributed by atoms with Gasteiger partial charge in [0.05, 0.1) is 0 Å². The van der Waals surface area contributed by atoms with E-state index in [0.29, 0.717) is 19.0 Å². The van der Waals surface area contributed by atoms with Crippen molar-refractivity contribution in [2.24, 2.45) is 0 Å². The summed E-state index contributed by atoms with van der Waals surface area (Å²) in [6, 6.07) is 9.95. The number of alkyl halides is 3. The highest BCUT2D eigenvalue weighted by molar-refractivity contribution is 5.76. The number of rotatable bonds is 2. The van der Waals surface area contributed by atoms with Crippen LogP contribution in [0.5, 0.6) is 0 Å². The molecule has 1 saturated heterocycles. The number of benzene rings is 1. The molecule has 0 spiro atoms. The van der Waals surface area contributed by atoms with Crippen molar-refractivity contribution >= 4 is 5.91 Å². The van der Waals surface area contributed by atoms with Crippen molar-refractivity contribution in [1.82, 2.24) is 4.90 Å². The summed E-state index contributed by atoms with van der Waals surface area (Å²) in [5.74, 6) is -0.467. The van der Waals surface area contributed by atoms with Crippen LogP contribution in [0.15, 0.2) is 30.3 Å². The number of carbonyl (C=O) groups is 1. The lowest BCUT2D eigenvalue weighted by Gasteiger charge is -2.21. The Balaban J connectivity index is 1.94. The molecule has 0 aromatic heterocycles. The maximum absolute atomic E-state index is 12.3. The molecule has 1 aromatic carbocycles. The predicted octanol–water partition coefficient (Wildman–Crippen LogP) is 3.74. The first-order valence-electron chi connectivity index (χ1n) is 6.85. The Labute approximate surface area is 116 Å². The lowest BCUT2D eigenvalue weighted by atomic mass is 9.92. The molecule has 0 unspecified atom stereocenters. The summed E-state index contributed by atoms with van der Waals surface area (Å²) in [5.41, 5.74) is 1.21. The molecule has 1 heterocycles. The predicted molar refractivity (Wildman–Crippen MR) is 70.3 cm³/mol. The zero-order chi connectivity index (χ0) is 14.6. The Morgan fingerprint density at radius 1 is 1.15 bits per heavy atom. The Morgan fingerprint density at radius 3 is 2.50 bits per heavy atom. The van der Waals surface area contributed by atoms with Crippen molar-refractivity contribution in [3.8, 4) is 0 Å². The van der Waals surface area contributed by atoms with E-state index < -0.39 is 18.5 Å². The third-order valence-corrected chi connectivity index (χ3v) is 3.70. The average molecular weight is 285 g/mol. The molecule has 1 amide bonds. The Hall–Kier alpha value is -1.52. The van der Waals surface area contributed by atoms with Crippen molar-refractivity contribution in [3.05, 3.63) is 35.9 Å². The summed E-state index contributed by atoms with van der Waals surface area (Å²) in [7, 11) is 0. The van der Waals surface area contributed by atoms with E-state index in [1.165, 1.54) is 10.5 Å². The first-order valence-corrected chi connectivity index (χ1v) is 6.85. The minimum absolute atomic E-state index is 0.333. The van der Waals surface area contributed by atoms with Crippen LogP contribution < -0.4 is 0 Å². The molecule has 0 N–H and O–H groups in total. The van der Waals surface area contributed by atoms with Gasteiger partial charge in [0.2, 0.25) is 5.91 Å². The fourth-order valence-corrected chi connectivity index (χ4v) is 2.69. The SMILES string of the molecule is O=C(CC(F)(F)F)N1CCC[C@@H](c2ccccc2)CC1.